The summed E-state index contributed by atoms with van der Waals surface area (Å²) in [4.78, 5) is 18.5. The largest absolute Gasteiger partial charge is 0.419 e. The van der Waals surface area contributed by atoms with Gasteiger partial charge in [-0.2, -0.15) is 13.2 Å². The molecule has 1 saturated heterocycles. The number of hydrogen-bond donors (Lipinski definition) is 2. The highest BCUT2D eigenvalue weighted by atomic mass is 19.4. The van der Waals surface area contributed by atoms with E-state index in [4.69, 9.17) is 0 Å². The molecule has 2 heterocycles. The molecule has 0 radical (unpaired) electrons. The van der Waals surface area contributed by atoms with E-state index in [-0.39, 0.29) is 11.9 Å². The predicted octanol–water partition coefficient (Wildman–Crippen LogP) is 1.17. The van der Waals surface area contributed by atoms with Gasteiger partial charge in [0.05, 0.1) is 5.56 Å². The molecule has 5 nitrogen and oxygen atoms in total. The fraction of sp³-hybridized carbons (Fsp3) is 0.700. The number of aromatic amines is 1. The first-order valence-electron chi connectivity index (χ1n) is 10.2. The van der Waals surface area contributed by atoms with Crippen LogP contribution in [-0.4, -0.2) is 44.7 Å². The van der Waals surface area contributed by atoms with Crippen LogP contribution >= 0.6 is 0 Å². The van der Waals surface area contributed by atoms with Gasteiger partial charge in [-0.3, -0.25) is 9.69 Å². The number of H-pyrrole nitrogens is 1. The van der Waals surface area contributed by atoms with Crippen LogP contribution in [0, 0.1) is 11.8 Å². The van der Waals surface area contributed by atoms with Gasteiger partial charge in [-0.05, 0) is 24.3 Å². The quantitative estimate of drug-likeness (QED) is 0.797. The number of piperazine rings is 1. The van der Waals surface area contributed by atoms with E-state index >= 15 is 0 Å². The minimum Gasteiger partial charge on any atom is -0.348 e. The number of carbonyl (C=O) groups is 1. The Labute approximate surface area is 164 Å². The molecule has 2 fully saturated rings. The van der Waals surface area contributed by atoms with Crippen molar-refractivity contribution in [3.63, 3.8) is 0 Å². The van der Waals surface area contributed by atoms with Crippen LogP contribution in [0.15, 0.2) is 18.3 Å². The summed E-state index contributed by atoms with van der Waals surface area (Å²) in [5.41, 5.74) is -0.677. The van der Waals surface area contributed by atoms with Crippen molar-refractivity contribution in [2.45, 2.75) is 45.3 Å². The number of halogens is 3. The summed E-state index contributed by atoms with van der Waals surface area (Å²) in [6, 6.07) is 2.86. The van der Waals surface area contributed by atoms with Crippen LogP contribution in [0.2, 0.25) is 0 Å². The molecule has 1 aromatic heterocycles. The zero-order valence-electron chi connectivity index (χ0n) is 16.6. The van der Waals surface area contributed by atoms with Crippen LogP contribution < -0.4 is 20.1 Å². The van der Waals surface area contributed by atoms with Gasteiger partial charge in [0.15, 0.2) is 6.54 Å². The van der Waals surface area contributed by atoms with Gasteiger partial charge >= 0.3 is 6.18 Å². The van der Waals surface area contributed by atoms with Crippen molar-refractivity contribution in [3.8, 4) is 0 Å². The monoisotopic (exact) mass is 400 g/mol. The molecule has 2 aliphatic rings. The first kappa shape index (κ1) is 20.9. The van der Waals surface area contributed by atoms with Crippen LogP contribution in [0.5, 0.6) is 0 Å². The Morgan fingerprint density at radius 1 is 1.25 bits per heavy atom. The number of amides is 1. The molecule has 0 unspecified atom stereocenters. The first-order chi connectivity index (χ1) is 13.2. The van der Waals surface area contributed by atoms with Gasteiger partial charge in [0, 0.05) is 12.1 Å². The fourth-order valence-electron chi connectivity index (χ4n) is 4.30. The summed E-state index contributed by atoms with van der Waals surface area (Å²) < 4.78 is 38.0. The first-order valence-corrected chi connectivity index (χ1v) is 10.2. The lowest BCUT2D eigenvalue weighted by Crippen LogP contribution is -3.16. The third-order valence-corrected chi connectivity index (χ3v) is 6.40. The molecular formula is C20H31F3N4O+2. The molecular weight excluding hydrogens is 369 g/mol. The zero-order valence-corrected chi connectivity index (χ0v) is 16.6. The van der Waals surface area contributed by atoms with Crippen LogP contribution in [-0.2, 0) is 11.0 Å². The Bertz CT molecular complexity index is 656. The number of nitrogens with one attached hydrogen (secondary N) is 3. The topological polar surface area (TPSA) is 50.9 Å². The van der Waals surface area contributed by atoms with Gasteiger partial charge in [-0.1, -0.05) is 26.7 Å². The highest BCUT2D eigenvalue weighted by Crippen LogP contribution is 2.29. The predicted molar refractivity (Wildman–Crippen MR) is 99.9 cm³/mol. The maximum Gasteiger partial charge on any atom is 0.419 e. The Hall–Kier alpha value is -1.83. The second-order valence-electron chi connectivity index (χ2n) is 8.32. The minimum absolute atomic E-state index is 0.107. The van der Waals surface area contributed by atoms with Crippen molar-refractivity contribution in [3.05, 3.63) is 23.9 Å². The SMILES string of the molecule is C[C@@H]1[C@H](C)CCC[C@@H]1NC(=O)C[NH+]1CCN(c2ccc(C(F)(F)F)c[nH+]2)CC1. The maximum atomic E-state index is 12.7. The second-order valence-corrected chi connectivity index (χ2v) is 8.32. The molecule has 3 rings (SSSR count). The van der Waals surface area contributed by atoms with Gasteiger partial charge in [0.25, 0.3) is 11.7 Å². The molecule has 1 aliphatic heterocycles. The van der Waals surface area contributed by atoms with Gasteiger partial charge < -0.3 is 10.2 Å². The summed E-state index contributed by atoms with van der Waals surface area (Å²) in [5, 5.41) is 3.22. The molecule has 8 heteroatoms. The molecule has 1 aliphatic carbocycles. The van der Waals surface area contributed by atoms with E-state index in [1.165, 1.54) is 23.8 Å². The molecule has 0 bridgehead atoms. The average Bonchev–Trinajstić information content (AvgIpc) is 2.65. The Balaban J connectivity index is 1.45. The van der Waals surface area contributed by atoms with E-state index in [2.05, 4.69) is 24.1 Å². The molecule has 28 heavy (non-hydrogen) atoms. The lowest BCUT2D eigenvalue weighted by Gasteiger charge is -2.35. The van der Waals surface area contributed by atoms with E-state index in [1.54, 1.807) is 0 Å². The van der Waals surface area contributed by atoms with E-state index in [9.17, 15) is 18.0 Å². The highest BCUT2D eigenvalue weighted by Gasteiger charge is 2.34. The molecule has 156 valence electrons. The summed E-state index contributed by atoms with van der Waals surface area (Å²) in [6.45, 7) is 7.94. The third kappa shape index (κ3) is 5.16. The molecule has 1 aromatic rings. The van der Waals surface area contributed by atoms with E-state index < -0.39 is 11.7 Å². The lowest BCUT2D eigenvalue weighted by atomic mass is 9.78. The van der Waals surface area contributed by atoms with Gasteiger partial charge in [0.1, 0.15) is 32.4 Å². The Morgan fingerprint density at radius 2 is 1.96 bits per heavy atom. The number of hydrogen-bond acceptors (Lipinski definition) is 2. The van der Waals surface area contributed by atoms with E-state index in [0.717, 1.165) is 31.8 Å². The molecule has 0 spiro atoms. The Morgan fingerprint density at radius 3 is 2.57 bits per heavy atom. The lowest BCUT2D eigenvalue weighted by molar-refractivity contribution is -0.892. The number of alkyl halides is 3. The molecule has 0 aromatic carbocycles. The number of aromatic nitrogens is 1. The summed E-state index contributed by atoms with van der Waals surface area (Å²) in [7, 11) is 0. The van der Waals surface area contributed by atoms with Crippen molar-refractivity contribution in [2.24, 2.45) is 11.8 Å². The average molecular weight is 400 g/mol. The number of carbonyl (C=O) groups excluding carboxylic acids is 1. The number of rotatable bonds is 4. The molecule has 1 saturated carbocycles. The standard InChI is InChI=1S/C20H29F3N4O/c1-14-4-3-5-17(15(14)2)25-19(28)13-26-8-10-27(11-9-26)18-7-6-16(12-24-18)20(21,22)23/h6-7,12,14-15,17H,3-5,8-11,13H2,1-2H3,(H,25,28)/p+2/t14-,15-,17+/m1/s1. The number of quaternary nitrogens is 1. The minimum atomic E-state index is -4.33. The molecule has 3 atom stereocenters. The highest BCUT2D eigenvalue weighted by molar-refractivity contribution is 5.77. The van der Waals surface area contributed by atoms with Gasteiger partial charge in [-0.15, -0.1) is 0 Å². The van der Waals surface area contributed by atoms with Crippen molar-refractivity contribution in [1.82, 2.24) is 5.32 Å². The smallest absolute Gasteiger partial charge is 0.348 e. The summed E-state index contributed by atoms with van der Waals surface area (Å²) in [5.74, 6) is 1.95. The number of pyridine rings is 1. The van der Waals surface area contributed by atoms with E-state index in [0.29, 0.717) is 37.3 Å². The Kier molecular flexibility index (Phi) is 6.47. The summed E-state index contributed by atoms with van der Waals surface area (Å²) in [6.07, 6.45) is 0.143. The van der Waals surface area contributed by atoms with Crippen LogP contribution in [0.1, 0.15) is 38.7 Å². The second kappa shape index (κ2) is 8.68. The van der Waals surface area contributed by atoms with Gasteiger partial charge in [0.2, 0.25) is 0 Å². The van der Waals surface area contributed by atoms with Crippen molar-refractivity contribution >= 4 is 11.7 Å². The van der Waals surface area contributed by atoms with Gasteiger partial charge in [-0.25, -0.2) is 4.98 Å². The molecule has 3 N–H and O–H groups in total. The number of anilines is 1. The summed E-state index contributed by atoms with van der Waals surface area (Å²) >= 11 is 0. The van der Waals surface area contributed by atoms with Crippen LogP contribution in [0.25, 0.3) is 0 Å². The van der Waals surface area contributed by atoms with Crippen LogP contribution in [0.3, 0.4) is 0 Å². The third-order valence-electron chi connectivity index (χ3n) is 6.40. The fourth-order valence-corrected chi connectivity index (χ4v) is 4.30. The van der Waals surface area contributed by atoms with E-state index in [1.807, 2.05) is 4.90 Å². The van der Waals surface area contributed by atoms with Crippen molar-refractivity contribution < 1.29 is 27.8 Å². The van der Waals surface area contributed by atoms with Crippen molar-refractivity contribution in [2.75, 3.05) is 37.6 Å². The zero-order chi connectivity index (χ0) is 20.3. The van der Waals surface area contributed by atoms with Crippen LogP contribution in [0.4, 0.5) is 19.0 Å². The molecule has 1 amide bonds. The normalized spacial score (nSPS) is 26.9. The number of nitrogens with zero attached hydrogens (tertiary/aromatic N) is 1. The van der Waals surface area contributed by atoms with Crippen molar-refractivity contribution in [1.29, 1.82) is 0 Å². The maximum absolute atomic E-state index is 12.7.